The van der Waals surface area contributed by atoms with Crippen molar-refractivity contribution in [2.24, 2.45) is 11.7 Å². The largest absolute Gasteiger partial charge is 0.354 e. The van der Waals surface area contributed by atoms with Crippen LogP contribution in [0.25, 0.3) is 0 Å². The fraction of sp³-hybridized carbons (Fsp3) is 0.667. The van der Waals surface area contributed by atoms with E-state index in [4.69, 9.17) is 5.73 Å². The first-order valence-corrected chi connectivity index (χ1v) is 8.47. The van der Waals surface area contributed by atoms with E-state index >= 15 is 0 Å². The van der Waals surface area contributed by atoms with E-state index in [0.717, 1.165) is 32.4 Å². The van der Waals surface area contributed by atoms with Gasteiger partial charge < -0.3 is 11.1 Å². The van der Waals surface area contributed by atoms with Crippen molar-refractivity contribution < 1.29 is 4.79 Å². The number of fused-ring (bicyclic) bond motifs is 1. The maximum absolute atomic E-state index is 11.9. The third-order valence-corrected chi connectivity index (χ3v) is 5.46. The van der Waals surface area contributed by atoms with E-state index < -0.39 is 0 Å². The van der Waals surface area contributed by atoms with Gasteiger partial charge in [-0.25, -0.2) is 0 Å². The van der Waals surface area contributed by atoms with Gasteiger partial charge in [-0.15, -0.1) is 0 Å². The van der Waals surface area contributed by atoms with E-state index in [0.29, 0.717) is 6.04 Å². The molecule has 4 nitrogen and oxygen atoms in total. The minimum atomic E-state index is 0.124. The molecule has 3 heterocycles. The number of carbonyl (C=O) groups is 1. The van der Waals surface area contributed by atoms with Crippen LogP contribution in [0.4, 0.5) is 0 Å². The molecule has 0 aliphatic carbocycles. The number of hydrogen-bond acceptors (Lipinski definition) is 4. The van der Waals surface area contributed by atoms with Crippen LogP contribution in [0.15, 0.2) is 16.8 Å². The number of nitrogens with two attached hydrogens (primary N) is 1. The van der Waals surface area contributed by atoms with Crippen LogP contribution in [0.1, 0.15) is 37.8 Å². The first-order valence-electron chi connectivity index (χ1n) is 7.53. The number of nitrogens with zero attached hydrogens (tertiary/aromatic N) is 1. The van der Waals surface area contributed by atoms with E-state index in [1.165, 1.54) is 5.56 Å². The molecule has 4 atom stereocenters. The summed E-state index contributed by atoms with van der Waals surface area (Å²) in [7, 11) is 0. The lowest BCUT2D eigenvalue weighted by Crippen LogP contribution is -2.51. The topological polar surface area (TPSA) is 58.4 Å². The molecule has 0 spiro atoms. The summed E-state index contributed by atoms with van der Waals surface area (Å²) in [4.78, 5) is 14.4. The molecule has 2 aliphatic rings. The monoisotopic (exact) mass is 293 g/mol. The highest BCUT2D eigenvalue weighted by Gasteiger charge is 2.44. The molecule has 0 bridgehead atoms. The molecule has 3 rings (SSSR count). The van der Waals surface area contributed by atoms with E-state index in [1.807, 2.05) is 0 Å². The van der Waals surface area contributed by atoms with Crippen LogP contribution < -0.4 is 11.1 Å². The van der Waals surface area contributed by atoms with Gasteiger partial charge in [0.05, 0.1) is 12.0 Å². The molecule has 1 aromatic heterocycles. The SMILES string of the molecule is CCC(N)C(c1ccsc1)N1CCCC2C(=O)NCC21. The minimum Gasteiger partial charge on any atom is -0.354 e. The smallest absolute Gasteiger partial charge is 0.224 e. The quantitative estimate of drug-likeness (QED) is 0.889. The number of thiophene rings is 1. The third-order valence-electron chi connectivity index (χ3n) is 4.76. The predicted molar refractivity (Wildman–Crippen MR) is 81.6 cm³/mol. The summed E-state index contributed by atoms with van der Waals surface area (Å²) < 4.78 is 0. The van der Waals surface area contributed by atoms with Crippen LogP contribution in [-0.4, -0.2) is 36.0 Å². The van der Waals surface area contributed by atoms with Gasteiger partial charge in [-0.2, -0.15) is 11.3 Å². The van der Waals surface area contributed by atoms with Crippen LogP contribution in [0.2, 0.25) is 0 Å². The van der Waals surface area contributed by atoms with Crippen LogP contribution in [0.5, 0.6) is 0 Å². The van der Waals surface area contributed by atoms with Crippen LogP contribution in [0.3, 0.4) is 0 Å². The molecule has 2 saturated heterocycles. The lowest BCUT2D eigenvalue weighted by molar-refractivity contribution is -0.124. The number of amides is 1. The predicted octanol–water partition coefficient (Wildman–Crippen LogP) is 1.74. The Labute approximate surface area is 124 Å². The summed E-state index contributed by atoms with van der Waals surface area (Å²) in [5.41, 5.74) is 7.72. The van der Waals surface area contributed by atoms with Crippen LogP contribution in [-0.2, 0) is 4.79 Å². The highest BCUT2D eigenvalue weighted by atomic mass is 32.1. The van der Waals surface area contributed by atoms with Crippen molar-refractivity contribution in [2.75, 3.05) is 13.1 Å². The van der Waals surface area contributed by atoms with E-state index in [-0.39, 0.29) is 23.9 Å². The highest BCUT2D eigenvalue weighted by Crippen LogP contribution is 2.36. The molecule has 110 valence electrons. The van der Waals surface area contributed by atoms with Gasteiger partial charge in [0.1, 0.15) is 0 Å². The fourth-order valence-electron chi connectivity index (χ4n) is 3.68. The first-order chi connectivity index (χ1) is 9.72. The average molecular weight is 293 g/mol. The van der Waals surface area contributed by atoms with Gasteiger partial charge in [0.2, 0.25) is 5.91 Å². The van der Waals surface area contributed by atoms with Crippen LogP contribution in [0, 0.1) is 5.92 Å². The maximum Gasteiger partial charge on any atom is 0.224 e. The van der Waals surface area contributed by atoms with Crippen molar-refractivity contribution in [3.05, 3.63) is 22.4 Å². The molecule has 20 heavy (non-hydrogen) atoms. The lowest BCUT2D eigenvalue weighted by Gasteiger charge is -2.43. The summed E-state index contributed by atoms with van der Waals surface area (Å²) in [6.45, 7) is 3.97. The first kappa shape index (κ1) is 14.0. The molecule has 0 aromatic carbocycles. The van der Waals surface area contributed by atoms with E-state index in [2.05, 4.69) is 34.0 Å². The number of carbonyl (C=O) groups excluding carboxylic acids is 1. The zero-order valence-corrected chi connectivity index (χ0v) is 12.7. The molecule has 2 aliphatic heterocycles. The highest BCUT2D eigenvalue weighted by molar-refractivity contribution is 7.07. The van der Waals surface area contributed by atoms with Crippen molar-refractivity contribution in [1.82, 2.24) is 10.2 Å². The zero-order chi connectivity index (χ0) is 14.1. The Morgan fingerprint density at radius 1 is 1.60 bits per heavy atom. The Bertz CT molecular complexity index is 462. The Kier molecular flexibility index (Phi) is 4.10. The second-order valence-electron chi connectivity index (χ2n) is 5.87. The second-order valence-corrected chi connectivity index (χ2v) is 6.65. The Balaban J connectivity index is 1.88. The molecule has 5 heteroatoms. The number of nitrogens with one attached hydrogen (secondary N) is 1. The normalized spacial score (nSPS) is 29.8. The van der Waals surface area contributed by atoms with Crippen LogP contribution >= 0.6 is 11.3 Å². The van der Waals surface area contributed by atoms with E-state index in [9.17, 15) is 4.79 Å². The van der Waals surface area contributed by atoms with E-state index in [1.54, 1.807) is 11.3 Å². The second kappa shape index (κ2) is 5.84. The molecule has 2 fully saturated rings. The summed E-state index contributed by atoms with van der Waals surface area (Å²) in [5.74, 6) is 0.391. The lowest BCUT2D eigenvalue weighted by atomic mass is 9.87. The van der Waals surface area contributed by atoms with Gasteiger partial charge in [-0.1, -0.05) is 6.92 Å². The van der Waals surface area contributed by atoms with Crippen molar-refractivity contribution in [2.45, 2.75) is 44.3 Å². The Morgan fingerprint density at radius 2 is 2.45 bits per heavy atom. The molecule has 1 amide bonds. The molecule has 3 N–H and O–H groups in total. The molecular formula is C15H23N3OS. The van der Waals surface area contributed by atoms with Gasteiger partial charge in [-0.3, -0.25) is 9.69 Å². The summed E-state index contributed by atoms with van der Waals surface area (Å²) in [6, 6.07) is 2.86. The molecule has 4 unspecified atom stereocenters. The van der Waals surface area contributed by atoms with Gasteiger partial charge >= 0.3 is 0 Å². The van der Waals surface area contributed by atoms with Gasteiger partial charge in [0.25, 0.3) is 0 Å². The van der Waals surface area contributed by atoms with Gasteiger partial charge in [0.15, 0.2) is 0 Å². The Morgan fingerprint density at radius 3 is 3.15 bits per heavy atom. The number of rotatable bonds is 4. The average Bonchev–Trinajstić information content (AvgIpc) is 3.10. The van der Waals surface area contributed by atoms with Crippen molar-refractivity contribution in [3.8, 4) is 0 Å². The summed E-state index contributed by atoms with van der Waals surface area (Å²) >= 11 is 1.72. The van der Waals surface area contributed by atoms with Crippen molar-refractivity contribution in [3.63, 3.8) is 0 Å². The molecular weight excluding hydrogens is 270 g/mol. The molecule has 0 radical (unpaired) electrons. The summed E-state index contributed by atoms with van der Waals surface area (Å²) in [5, 5.41) is 7.35. The maximum atomic E-state index is 11.9. The van der Waals surface area contributed by atoms with Crippen molar-refractivity contribution in [1.29, 1.82) is 0 Å². The minimum absolute atomic E-state index is 0.124. The van der Waals surface area contributed by atoms with Gasteiger partial charge in [0, 0.05) is 18.6 Å². The number of likely N-dealkylation sites (tertiary alicyclic amines) is 1. The number of hydrogen-bond donors (Lipinski definition) is 2. The standard InChI is InChI=1S/C15H23N3OS/c1-2-12(16)14(10-5-7-20-9-10)18-6-3-4-11-13(18)8-17-15(11)19/h5,7,9,11-14H,2-4,6,8,16H2,1H3,(H,17,19). The zero-order valence-electron chi connectivity index (χ0n) is 11.9. The number of piperidine rings is 1. The molecule has 1 aromatic rings. The Hall–Kier alpha value is -0.910. The van der Waals surface area contributed by atoms with Crippen molar-refractivity contribution >= 4 is 17.2 Å². The molecule has 0 saturated carbocycles. The van der Waals surface area contributed by atoms with Gasteiger partial charge in [-0.05, 0) is 48.2 Å². The fourth-order valence-corrected chi connectivity index (χ4v) is 4.37. The third kappa shape index (κ3) is 2.38. The summed E-state index contributed by atoms with van der Waals surface area (Å²) in [6.07, 6.45) is 3.06.